The average molecular weight is 505 g/mol. The molecule has 31 heavy (non-hydrogen) atoms. The van der Waals surface area contributed by atoms with Crippen molar-refractivity contribution in [2.24, 2.45) is 0 Å². The fourth-order valence-corrected chi connectivity index (χ4v) is 3.57. The van der Waals surface area contributed by atoms with E-state index in [4.69, 9.17) is 21.7 Å². The van der Waals surface area contributed by atoms with E-state index in [1.807, 2.05) is 6.92 Å². The Bertz CT molecular complexity index is 1100. The molecular weight excluding hydrogens is 487 g/mol. The maximum absolute atomic E-state index is 14.3. The zero-order valence-corrected chi connectivity index (χ0v) is 18.9. The highest BCUT2D eigenvalue weighted by Crippen LogP contribution is 2.35. The molecule has 1 fully saturated rings. The molecule has 1 aliphatic rings. The lowest BCUT2D eigenvalue weighted by molar-refractivity contribution is -0.122. The van der Waals surface area contributed by atoms with Crippen molar-refractivity contribution in [1.29, 1.82) is 0 Å². The predicted molar refractivity (Wildman–Crippen MR) is 124 cm³/mol. The normalized spacial score (nSPS) is 15.1. The summed E-state index contributed by atoms with van der Waals surface area (Å²) >= 11 is 8.53. The van der Waals surface area contributed by atoms with Crippen molar-refractivity contribution in [1.82, 2.24) is 5.32 Å². The van der Waals surface area contributed by atoms with Gasteiger partial charge in [-0.25, -0.2) is 9.29 Å². The van der Waals surface area contributed by atoms with Crippen LogP contribution in [0.3, 0.4) is 0 Å². The summed E-state index contributed by atoms with van der Waals surface area (Å²) in [6, 6.07) is 8.99. The quantitative estimate of drug-likeness (QED) is 0.262. The lowest BCUT2D eigenvalue weighted by Gasteiger charge is -2.29. The summed E-state index contributed by atoms with van der Waals surface area (Å²) in [6.45, 7) is 6.11. The highest BCUT2D eigenvalue weighted by atomic mass is 79.9. The number of nitrogens with one attached hydrogen (secondary N) is 1. The van der Waals surface area contributed by atoms with Crippen LogP contribution in [0.5, 0.6) is 11.5 Å². The van der Waals surface area contributed by atoms with E-state index in [0.29, 0.717) is 28.1 Å². The van der Waals surface area contributed by atoms with Crippen LogP contribution in [0.4, 0.5) is 10.1 Å². The van der Waals surface area contributed by atoms with E-state index in [-0.39, 0.29) is 23.0 Å². The largest absolute Gasteiger partial charge is 0.490 e. The number of hydrogen-bond acceptors (Lipinski definition) is 5. The van der Waals surface area contributed by atoms with Crippen LogP contribution in [0.15, 0.2) is 59.1 Å². The molecule has 2 aromatic carbocycles. The van der Waals surface area contributed by atoms with Crippen LogP contribution in [0, 0.1) is 5.82 Å². The summed E-state index contributed by atoms with van der Waals surface area (Å²) in [5.74, 6) is -1.15. The maximum Gasteiger partial charge on any atom is 0.270 e. The number of para-hydroxylation sites is 1. The number of thiocarbonyl (C=S) groups is 1. The van der Waals surface area contributed by atoms with E-state index in [2.05, 4.69) is 27.8 Å². The molecule has 3 rings (SSSR count). The van der Waals surface area contributed by atoms with Crippen molar-refractivity contribution in [3.63, 3.8) is 0 Å². The van der Waals surface area contributed by atoms with Gasteiger partial charge in [0, 0.05) is 4.47 Å². The number of ether oxygens (including phenoxy) is 2. The first kappa shape index (κ1) is 22.6. The molecule has 9 heteroatoms. The van der Waals surface area contributed by atoms with Crippen LogP contribution in [0.2, 0.25) is 0 Å². The molecule has 1 heterocycles. The Morgan fingerprint density at radius 1 is 1.23 bits per heavy atom. The monoisotopic (exact) mass is 504 g/mol. The van der Waals surface area contributed by atoms with Gasteiger partial charge in [-0.3, -0.25) is 14.9 Å². The molecule has 0 atom stereocenters. The number of nitrogens with zero attached hydrogens (tertiary/aromatic N) is 1. The van der Waals surface area contributed by atoms with Crippen molar-refractivity contribution in [3.05, 3.63) is 70.5 Å². The van der Waals surface area contributed by atoms with Gasteiger partial charge in [-0.1, -0.05) is 40.7 Å². The SMILES string of the molecule is C=CCOc1cc(Br)c(/C=C2\C(=O)NC(=S)N(c3ccccc3F)C2=O)cc1OCC. The second-order valence-corrected chi connectivity index (χ2v) is 7.50. The molecule has 2 aromatic rings. The molecule has 0 bridgehead atoms. The molecule has 0 unspecified atom stereocenters. The third kappa shape index (κ3) is 4.83. The highest BCUT2D eigenvalue weighted by Gasteiger charge is 2.35. The number of benzene rings is 2. The summed E-state index contributed by atoms with van der Waals surface area (Å²) < 4.78 is 26.1. The molecule has 6 nitrogen and oxygen atoms in total. The summed E-state index contributed by atoms with van der Waals surface area (Å²) in [5.41, 5.74) is 0.236. The number of rotatable bonds is 7. The minimum Gasteiger partial charge on any atom is -0.490 e. The fraction of sp³-hybridized carbons (Fsp3) is 0.136. The Morgan fingerprint density at radius 2 is 1.94 bits per heavy atom. The number of carbonyl (C=O) groups is 2. The van der Waals surface area contributed by atoms with E-state index in [9.17, 15) is 14.0 Å². The van der Waals surface area contributed by atoms with E-state index in [1.165, 1.54) is 24.3 Å². The van der Waals surface area contributed by atoms with Gasteiger partial charge in [0.1, 0.15) is 18.0 Å². The molecule has 0 radical (unpaired) electrons. The lowest BCUT2D eigenvalue weighted by atomic mass is 10.1. The van der Waals surface area contributed by atoms with Gasteiger partial charge in [0.05, 0.1) is 12.3 Å². The molecule has 1 aliphatic heterocycles. The van der Waals surface area contributed by atoms with E-state index in [1.54, 1.807) is 24.3 Å². The molecule has 1 N–H and O–H groups in total. The zero-order valence-electron chi connectivity index (χ0n) is 16.5. The fourth-order valence-electron chi connectivity index (χ4n) is 2.86. The Kier molecular flexibility index (Phi) is 7.19. The molecule has 0 saturated carbocycles. The number of carbonyl (C=O) groups excluding carboxylic acids is 2. The van der Waals surface area contributed by atoms with Crippen LogP contribution in [0.1, 0.15) is 12.5 Å². The van der Waals surface area contributed by atoms with Crippen LogP contribution in [-0.2, 0) is 9.59 Å². The Hall–Kier alpha value is -3.04. The van der Waals surface area contributed by atoms with Crippen molar-refractivity contribution in [2.75, 3.05) is 18.1 Å². The Morgan fingerprint density at radius 3 is 2.61 bits per heavy atom. The average Bonchev–Trinajstić information content (AvgIpc) is 2.73. The first-order chi connectivity index (χ1) is 14.9. The van der Waals surface area contributed by atoms with E-state index in [0.717, 1.165) is 4.90 Å². The molecule has 0 aromatic heterocycles. The minimum atomic E-state index is -0.740. The van der Waals surface area contributed by atoms with Crippen molar-refractivity contribution in [3.8, 4) is 11.5 Å². The lowest BCUT2D eigenvalue weighted by Crippen LogP contribution is -2.54. The Balaban J connectivity index is 2.05. The van der Waals surface area contributed by atoms with Crippen molar-refractivity contribution >= 4 is 56.8 Å². The minimum absolute atomic E-state index is 0.0503. The van der Waals surface area contributed by atoms with Gasteiger partial charge in [0.25, 0.3) is 11.8 Å². The summed E-state index contributed by atoms with van der Waals surface area (Å²) in [6.07, 6.45) is 2.99. The highest BCUT2D eigenvalue weighted by molar-refractivity contribution is 9.10. The smallest absolute Gasteiger partial charge is 0.270 e. The van der Waals surface area contributed by atoms with Gasteiger partial charge in [-0.15, -0.1) is 0 Å². The van der Waals surface area contributed by atoms with Crippen molar-refractivity contribution in [2.45, 2.75) is 6.92 Å². The third-order valence-electron chi connectivity index (χ3n) is 4.21. The molecular formula is C22H18BrFN2O4S. The second kappa shape index (κ2) is 9.84. The van der Waals surface area contributed by atoms with Gasteiger partial charge >= 0.3 is 0 Å². The topological polar surface area (TPSA) is 67.9 Å². The first-order valence-electron chi connectivity index (χ1n) is 9.23. The second-order valence-electron chi connectivity index (χ2n) is 6.26. The predicted octanol–water partition coefficient (Wildman–Crippen LogP) is 4.38. The maximum atomic E-state index is 14.3. The van der Waals surface area contributed by atoms with Gasteiger partial charge in [-0.05, 0) is 55.0 Å². The van der Waals surface area contributed by atoms with Crippen LogP contribution in [0.25, 0.3) is 6.08 Å². The van der Waals surface area contributed by atoms with Gasteiger partial charge < -0.3 is 9.47 Å². The van der Waals surface area contributed by atoms with Crippen LogP contribution in [-0.4, -0.2) is 30.1 Å². The number of amides is 2. The molecule has 160 valence electrons. The summed E-state index contributed by atoms with van der Waals surface area (Å²) in [4.78, 5) is 26.6. The number of halogens is 2. The molecule has 0 aliphatic carbocycles. The van der Waals surface area contributed by atoms with Crippen LogP contribution < -0.4 is 19.7 Å². The molecule has 0 spiro atoms. The van der Waals surface area contributed by atoms with Gasteiger partial charge in [0.15, 0.2) is 16.6 Å². The van der Waals surface area contributed by atoms with Gasteiger partial charge in [-0.2, -0.15) is 0 Å². The molecule has 2 amide bonds. The Labute approximate surface area is 192 Å². The summed E-state index contributed by atoms with van der Waals surface area (Å²) in [7, 11) is 0. The zero-order chi connectivity index (χ0) is 22.5. The van der Waals surface area contributed by atoms with Crippen LogP contribution >= 0.6 is 28.1 Å². The standard InChI is InChI=1S/C22H18BrFN2O4S/c1-3-9-30-19-12-15(23)13(11-18(19)29-4-2)10-14-20(27)25-22(31)26(21(14)28)17-8-6-5-7-16(17)24/h3,5-8,10-12H,1,4,9H2,2H3,(H,25,27,31)/b14-10+. The number of anilines is 1. The summed E-state index contributed by atoms with van der Waals surface area (Å²) in [5, 5.41) is 2.24. The van der Waals surface area contributed by atoms with E-state index < -0.39 is 17.6 Å². The van der Waals surface area contributed by atoms with E-state index >= 15 is 0 Å². The van der Waals surface area contributed by atoms with Gasteiger partial charge in [0.2, 0.25) is 0 Å². The van der Waals surface area contributed by atoms with Crippen molar-refractivity contribution < 1.29 is 23.5 Å². The first-order valence-corrected chi connectivity index (χ1v) is 10.4. The third-order valence-corrected chi connectivity index (χ3v) is 5.19. The number of hydrogen-bond donors (Lipinski definition) is 1. The molecule has 1 saturated heterocycles.